The highest BCUT2D eigenvalue weighted by Gasteiger charge is 2.37. The van der Waals surface area contributed by atoms with Crippen LogP contribution in [0.1, 0.15) is 25.0 Å². The van der Waals surface area contributed by atoms with E-state index in [9.17, 15) is 17.6 Å². The number of nitrogens with one attached hydrogen (secondary N) is 1. The predicted octanol–water partition coefficient (Wildman–Crippen LogP) is 3.30. The molecular weight excluding hydrogens is 222 g/mol. The van der Waals surface area contributed by atoms with Gasteiger partial charge >= 0.3 is 6.18 Å². The molecule has 0 aromatic heterocycles. The van der Waals surface area contributed by atoms with Crippen molar-refractivity contribution in [1.29, 1.82) is 0 Å². The van der Waals surface area contributed by atoms with Crippen LogP contribution in [0.2, 0.25) is 0 Å². The maximum absolute atomic E-state index is 12.8. The molecule has 0 aliphatic carbocycles. The van der Waals surface area contributed by atoms with Gasteiger partial charge in [-0.1, -0.05) is 6.07 Å². The molecule has 1 aromatic carbocycles. The fourth-order valence-corrected chi connectivity index (χ4v) is 1.43. The summed E-state index contributed by atoms with van der Waals surface area (Å²) in [6.45, 7) is 3.21. The number of hydrogen-bond donors (Lipinski definition) is 1. The summed E-state index contributed by atoms with van der Waals surface area (Å²) in [5.41, 5.74) is -1.77. The molecule has 0 unspecified atom stereocenters. The third-order valence-electron chi connectivity index (χ3n) is 2.59. The average Bonchev–Trinajstić information content (AvgIpc) is 2.16. The molecule has 1 N–H and O–H groups in total. The smallest absolute Gasteiger partial charge is 0.311 e. The monoisotopic (exact) mass is 235 g/mol. The van der Waals surface area contributed by atoms with Crippen molar-refractivity contribution in [2.75, 3.05) is 7.05 Å². The maximum Gasteiger partial charge on any atom is 0.416 e. The highest BCUT2D eigenvalue weighted by Crippen LogP contribution is 2.36. The largest absolute Gasteiger partial charge is 0.416 e. The molecule has 0 fully saturated rings. The van der Waals surface area contributed by atoms with Crippen molar-refractivity contribution in [2.24, 2.45) is 0 Å². The lowest BCUT2D eigenvalue weighted by Gasteiger charge is -2.28. The minimum Gasteiger partial charge on any atom is -0.311 e. The Morgan fingerprint density at radius 2 is 1.62 bits per heavy atom. The van der Waals surface area contributed by atoms with Crippen molar-refractivity contribution in [3.8, 4) is 0 Å². The summed E-state index contributed by atoms with van der Waals surface area (Å²) in [5, 5.41) is 2.77. The minimum atomic E-state index is -4.55. The first kappa shape index (κ1) is 13.0. The van der Waals surface area contributed by atoms with Crippen LogP contribution in [0.25, 0.3) is 0 Å². The molecule has 0 amide bonds. The zero-order chi connectivity index (χ0) is 12.6. The highest BCUT2D eigenvalue weighted by molar-refractivity contribution is 5.35. The molecule has 0 aliphatic heterocycles. The second-order valence-corrected chi connectivity index (χ2v) is 4.06. The lowest BCUT2D eigenvalue weighted by atomic mass is 9.89. The second-order valence-electron chi connectivity index (χ2n) is 4.06. The van der Waals surface area contributed by atoms with E-state index in [0.29, 0.717) is 6.07 Å². The third-order valence-corrected chi connectivity index (χ3v) is 2.59. The fraction of sp³-hybridized carbons (Fsp3) is 0.455. The molecule has 90 valence electrons. The van der Waals surface area contributed by atoms with E-state index in [1.165, 1.54) is 0 Å². The Morgan fingerprint density at radius 3 is 2.06 bits per heavy atom. The zero-order valence-electron chi connectivity index (χ0n) is 9.24. The van der Waals surface area contributed by atoms with Gasteiger partial charge in [-0.2, -0.15) is 13.2 Å². The molecule has 0 heterocycles. The van der Waals surface area contributed by atoms with Gasteiger partial charge in [-0.05, 0) is 38.6 Å². The molecule has 0 spiro atoms. The highest BCUT2D eigenvalue weighted by atomic mass is 19.4. The van der Waals surface area contributed by atoms with Gasteiger partial charge < -0.3 is 5.32 Å². The zero-order valence-corrected chi connectivity index (χ0v) is 9.24. The van der Waals surface area contributed by atoms with Crippen LogP contribution in [0.3, 0.4) is 0 Å². The first-order valence-corrected chi connectivity index (χ1v) is 4.74. The molecule has 1 aromatic rings. The molecule has 1 nitrogen and oxygen atoms in total. The topological polar surface area (TPSA) is 12.0 Å². The van der Waals surface area contributed by atoms with Crippen molar-refractivity contribution in [3.63, 3.8) is 0 Å². The van der Waals surface area contributed by atoms with Crippen LogP contribution in [0.15, 0.2) is 18.2 Å². The first-order chi connectivity index (χ1) is 7.18. The Kier molecular flexibility index (Phi) is 3.28. The minimum absolute atomic E-state index is 0.0314. The number of alkyl halides is 3. The van der Waals surface area contributed by atoms with Crippen molar-refractivity contribution in [3.05, 3.63) is 35.1 Å². The summed E-state index contributed by atoms with van der Waals surface area (Å²) in [5.74, 6) is -0.886. The van der Waals surface area contributed by atoms with Crippen LogP contribution in [0.4, 0.5) is 17.6 Å². The predicted molar refractivity (Wildman–Crippen MR) is 53.5 cm³/mol. The molecule has 0 saturated heterocycles. The molecule has 1 rings (SSSR count). The number of rotatable bonds is 2. The molecule has 0 saturated carbocycles. The van der Waals surface area contributed by atoms with Crippen molar-refractivity contribution >= 4 is 0 Å². The normalized spacial score (nSPS) is 12.9. The Bertz CT molecular complexity index is 382. The van der Waals surface area contributed by atoms with Crippen LogP contribution in [0.5, 0.6) is 0 Å². The van der Waals surface area contributed by atoms with Crippen LogP contribution >= 0.6 is 0 Å². The van der Waals surface area contributed by atoms with E-state index in [2.05, 4.69) is 5.32 Å². The fourth-order valence-electron chi connectivity index (χ4n) is 1.43. The quantitative estimate of drug-likeness (QED) is 0.775. The Labute approximate surface area is 91.5 Å². The molecule has 5 heteroatoms. The van der Waals surface area contributed by atoms with E-state index < -0.39 is 23.1 Å². The van der Waals surface area contributed by atoms with Gasteiger partial charge in [0.25, 0.3) is 0 Å². The van der Waals surface area contributed by atoms with Crippen LogP contribution in [0, 0.1) is 5.82 Å². The Balaban J connectivity index is 3.40. The number of benzene rings is 1. The molecule has 0 aliphatic rings. The van der Waals surface area contributed by atoms with E-state index in [0.717, 1.165) is 12.1 Å². The van der Waals surface area contributed by atoms with Gasteiger partial charge in [-0.25, -0.2) is 4.39 Å². The van der Waals surface area contributed by atoms with E-state index in [-0.39, 0.29) is 5.56 Å². The summed E-state index contributed by atoms with van der Waals surface area (Å²) in [6, 6.07) is 2.72. The van der Waals surface area contributed by atoms with E-state index >= 15 is 0 Å². The Morgan fingerprint density at radius 1 is 1.06 bits per heavy atom. The van der Waals surface area contributed by atoms with Crippen molar-refractivity contribution < 1.29 is 17.6 Å². The van der Waals surface area contributed by atoms with E-state index in [1.807, 2.05) is 0 Å². The third kappa shape index (κ3) is 2.52. The molecule has 0 bridgehead atoms. The van der Waals surface area contributed by atoms with Gasteiger partial charge in [0.1, 0.15) is 5.82 Å². The first-order valence-electron chi connectivity index (χ1n) is 4.74. The summed E-state index contributed by atoms with van der Waals surface area (Å²) in [7, 11) is 1.56. The standard InChI is InChI=1S/C11H13F4N/c1-10(2,16-3)8-5-4-7(12)6-9(8)11(13,14)15/h4-6,16H,1-3H3. The van der Waals surface area contributed by atoms with Crippen LogP contribution in [-0.2, 0) is 11.7 Å². The summed E-state index contributed by atoms with van der Waals surface area (Å²) in [4.78, 5) is 0. The Hall–Kier alpha value is -1.10. The van der Waals surface area contributed by atoms with Crippen molar-refractivity contribution in [1.82, 2.24) is 5.32 Å². The van der Waals surface area contributed by atoms with Gasteiger partial charge in [0.05, 0.1) is 5.56 Å². The van der Waals surface area contributed by atoms with Gasteiger partial charge in [0.15, 0.2) is 0 Å². The summed E-state index contributed by atoms with van der Waals surface area (Å²) >= 11 is 0. The van der Waals surface area contributed by atoms with E-state index in [1.54, 1.807) is 20.9 Å². The number of halogens is 4. The SMILES string of the molecule is CNC(C)(C)c1ccc(F)cc1C(F)(F)F. The van der Waals surface area contributed by atoms with Gasteiger partial charge in [-0.3, -0.25) is 0 Å². The van der Waals surface area contributed by atoms with E-state index in [4.69, 9.17) is 0 Å². The molecular formula is C11H13F4N. The van der Waals surface area contributed by atoms with Gasteiger partial charge in [-0.15, -0.1) is 0 Å². The van der Waals surface area contributed by atoms with Crippen molar-refractivity contribution in [2.45, 2.75) is 25.6 Å². The lowest BCUT2D eigenvalue weighted by molar-refractivity contribution is -0.139. The van der Waals surface area contributed by atoms with Crippen LogP contribution < -0.4 is 5.32 Å². The average molecular weight is 235 g/mol. The molecule has 16 heavy (non-hydrogen) atoms. The summed E-state index contributed by atoms with van der Waals surface area (Å²) in [6.07, 6.45) is -4.55. The maximum atomic E-state index is 12.8. The molecule has 0 radical (unpaired) electrons. The lowest BCUT2D eigenvalue weighted by Crippen LogP contribution is -2.35. The van der Waals surface area contributed by atoms with Gasteiger partial charge in [0, 0.05) is 5.54 Å². The second kappa shape index (κ2) is 4.05. The van der Waals surface area contributed by atoms with Gasteiger partial charge in [0.2, 0.25) is 0 Å². The molecule has 0 atom stereocenters. The number of hydrogen-bond acceptors (Lipinski definition) is 1. The summed E-state index contributed by atoms with van der Waals surface area (Å²) < 4.78 is 51.0. The van der Waals surface area contributed by atoms with Crippen LogP contribution in [-0.4, -0.2) is 7.05 Å².